The molecule has 2 aliphatic rings. The molecule has 2 nitrogen and oxygen atoms in total. The second-order valence-electron chi connectivity index (χ2n) is 6.14. The molecule has 0 amide bonds. The van der Waals surface area contributed by atoms with Crippen molar-refractivity contribution in [2.45, 2.75) is 44.5 Å². The Hall–Kier alpha value is -1.02. The highest BCUT2D eigenvalue weighted by atomic mass is 35.5. The van der Waals surface area contributed by atoms with Crippen LogP contribution in [-0.4, -0.2) is 9.55 Å². The molecule has 0 N–H and O–H groups in total. The van der Waals surface area contributed by atoms with Crippen LogP contribution in [0.3, 0.4) is 0 Å². The summed E-state index contributed by atoms with van der Waals surface area (Å²) in [5.41, 5.74) is 3.76. The van der Waals surface area contributed by atoms with Gasteiger partial charge in [0.25, 0.3) is 0 Å². The Kier molecular flexibility index (Phi) is 2.63. The molecular formula is C16H19ClN2. The van der Waals surface area contributed by atoms with Crippen molar-refractivity contribution in [2.24, 2.45) is 11.8 Å². The number of hydrogen-bond donors (Lipinski definition) is 0. The van der Waals surface area contributed by atoms with Crippen molar-refractivity contribution in [1.82, 2.24) is 9.55 Å². The van der Waals surface area contributed by atoms with Crippen LogP contribution in [0.15, 0.2) is 18.2 Å². The molecule has 0 radical (unpaired) electrons. The molecule has 2 saturated carbocycles. The lowest BCUT2D eigenvalue weighted by atomic mass is 10.1. The molecule has 1 aromatic heterocycles. The number of rotatable bonds is 4. The van der Waals surface area contributed by atoms with E-state index in [1.165, 1.54) is 36.8 Å². The second kappa shape index (κ2) is 4.24. The van der Waals surface area contributed by atoms with Crippen LogP contribution in [0.4, 0.5) is 0 Å². The van der Waals surface area contributed by atoms with Gasteiger partial charge in [-0.2, -0.15) is 0 Å². The first kappa shape index (κ1) is 11.8. The molecular weight excluding hydrogens is 256 g/mol. The zero-order chi connectivity index (χ0) is 13.0. The Labute approximate surface area is 118 Å². The Bertz CT molecular complexity index is 611. The summed E-state index contributed by atoms with van der Waals surface area (Å²) in [6.07, 6.45) is 5.53. The van der Waals surface area contributed by atoms with Crippen LogP contribution in [-0.2, 0) is 5.88 Å². The van der Waals surface area contributed by atoms with Crippen molar-refractivity contribution in [3.05, 3.63) is 29.6 Å². The van der Waals surface area contributed by atoms with Gasteiger partial charge in [0.1, 0.15) is 5.82 Å². The van der Waals surface area contributed by atoms with E-state index in [4.69, 9.17) is 16.6 Å². The number of imidazole rings is 1. The highest BCUT2D eigenvalue weighted by Gasteiger charge is 2.43. The van der Waals surface area contributed by atoms with Crippen molar-refractivity contribution in [3.8, 4) is 0 Å². The number of aromatic nitrogens is 2. The summed E-state index contributed by atoms with van der Waals surface area (Å²) in [7, 11) is 0. The number of benzene rings is 1. The molecule has 2 fully saturated rings. The number of fused-ring (bicyclic) bond motifs is 1. The normalized spacial score (nSPS) is 19.5. The van der Waals surface area contributed by atoms with Gasteiger partial charge in [0.2, 0.25) is 0 Å². The van der Waals surface area contributed by atoms with Crippen LogP contribution < -0.4 is 0 Å². The zero-order valence-corrected chi connectivity index (χ0v) is 12.0. The van der Waals surface area contributed by atoms with E-state index in [2.05, 4.69) is 29.7 Å². The van der Waals surface area contributed by atoms with E-state index >= 15 is 0 Å². The molecule has 0 spiro atoms. The van der Waals surface area contributed by atoms with Gasteiger partial charge in [-0.05, 0) is 56.1 Å². The minimum Gasteiger partial charge on any atom is -0.323 e. The van der Waals surface area contributed by atoms with Gasteiger partial charge in [0.15, 0.2) is 0 Å². The Morgan fingerprint density at radius 1 is 1.26 bits per heavy atom. The van der Waals surface area contributed by atoms with Gasteiger partial charge in [-0.1, -0.05) is 12.1 Å². The summed E-state index contributed by atoms with van der Waals surface area (Å²) in [6, 6.07) is 7.05. The summed E-state index contributed by atoms with van der Waals surface area (Å²) in [6.45, 7) is 2.19. The van der Waals surface area contributed by atoms with Gasteiger partial charge in [-0.15, -0.1) is 11.6 Å². The van der Waals surface area contributed by atoms with Crippen LogP contribution in [0.25, 0.3) is 11.0 Å². The van der Waals surface area contributed by atoms with Crippen LogP contribution in [0.1, 0.15) is 43.1 Å². The van der Waals surface area contributed by atoms with E-state index < -0.39 is 0 Å². The molecule has 1 heterocycles. The Balaban J connectivity index is 1.94. The lowest BCUT2D eigenvalue weighted by Gasteiger charge is -2.21. The number of nitrogens with zero attached hydrogens (tertiary/aromatic N) is 2. The van der Waals surface area contributed by atoms with Crippen LogP contribution in [0.5, 0.6) is 0 Å². The van der Waals surface area contributed by atoms with Crippen molar-refractivity contribution >= 4 is 22.6 Å². The van der Waals surface area contributed by atoms with Crippen molar-refractivity contribution in [3.63, 3.8) is 0 Å². The van der Waals surface area contributed by atoms with Gasteiger partial charge in [0.05, 0.1) is 16.9 Å². The average molecular weight is 275 g/mol. The monoisotopic (exact) mass is 274 g/mol. The third-order valence-electron chi connectivity index (χ3n) is 4.61. The molecule has 0 atom stereocenters. The molecule has 2 aliphatic carbocycles. The fourth-order valence-electron chi connectivity index (χ4n) is 3.47. The van der Waals surface area contributed by atoms with Crippen LogP contribution >= 0.6 is 11.6 Å². The summed E-state index contributed by atoms with van der Waals surface area (Å²) >= 11 is 6.17. The minimum atomic E-state index is 0.518. The second-order valence-corrected chi connectivity index (χ2v) is 6.41. The fourth-order valence-corrected chi connectivity index (χ4v) is 3.66. The van der Waals surface area contributed by atoms with Crippen LogP contribution in [0, 0.1) is 18.8 Å². The number of aryl methyl sites for hydroxylation is 1. The maximum atomic E-state index is 6.17. The summed E-state index contributed by atoms with van der Waals surface area (Å²) < 4.78 is 2.49. The molecule has 100 valence electrons. The van der Waals surface area contributed by atoms with E-state index in [0.717, 1.165) is 23.2 Å². The first-order valence-electron chi connectivity index (χ1n) is 7.32. The lowest BCUT2D eigenvalue weighted by Crippen LogP contribution is -2.16. The first-order valence-corrected chi connectivity index (χ1v) is 7.85. The first-order chi connectivity index (χ1) is 9.29. The van der Waals surface area contributed by atoms with Gasteiger partial charge in [-0.3, -0.25) is 0 Å². The van der Waals surface area contributed by atoms with E-state index in [-0.39, 0.29) is 0 Å². The molecule has 0 unspecified atom stereocenters. The number of hydrogen-bond acceptors (Lipinski definition) is 1. The quantitative estimate of drug-likeness (QED) is 0.754. The maximum absolute atomic E-state index is 6.17. The predicted molar refractivity (Wildman–Crippen MR) is 78.5 cm³/mol. The van der Waals surface area contributed by atoms with E-state index in [0.29, 0.717) is 11.9 Å². The molecule has 2 aromatic rings. The molecule has 3 heteroatoms. The minimum absolute atomic E-state index is 0.518. The SMILES string of the molecule is Cc1cccc2nc(CCl)n(C(C3CC3)C3CC3)c12. The van der Waals surface area contributed by atoms with Gasteiger partial charge in [-0.25, -0.2) is 4.98 Å². The van der Waals surface area contributed by atoms with E-state index in [1.807, 2.05) is 0 Å². The summed E-state index contributed by atoms with van der Waals surface area (Å²) in [5.74, 6) is 3.32. The highest BCUT2D eigenvalue weighted by molar-refractivity contribution is 6.16. The Morgan fingerprint density at radius 3 is 2.53 bits per heavy atom. The van der Waals surface area contributed by atoms with Gasteiger partial charge in [0, 0.05) is 6.04 Å². The van der Waals surface area contributed by atoms with E-state index in [1.54, 1.807) is 0 Å². The zero-order valence-electron chi connectivity index (χ0n) is 11.3. The smallest absolute Gasteiger partial charge is 0.125 e. The predicted octanol–water partition coefficient (Wildman–Crippen LogP) is 4.44. The Morgan fingerprint density at radius 2 is 1.95 bits per heavy atom. The molecule has 0 bridgehead atoms. The number of para-hydroxylation sites is 1. The van der Waals surface area contributed by atoms with Crippen LogP contribution in [0.2, 0.25) is 0 Å². The van der Waals surface area contributed by atoms with Crippen molar-refractivity contribution in [1.29, 1.82) is 0 Å². The number of halogens is 1. The average Bonchev–Trinajstić information content (AvgIpc) is 3.29. The maximum Gasteiger partial charge on any atom is 0.125 e. The summed E-state index contributed by atoms with van der Waals surface area (Å²) in [4.78, 5) is 4.76. The molecule has 0 saturated heterocycles. The highest BCUT2D eigenvalue weighted by Crippen LogP contribution is 2.53. The standard InChI is InChI=1S/C16H19ClN2/c1-10-3-2-4-13-15(10)19(14(9-17)18-13)16(11-5-6-11)12-7-8-12/h2-4,11-12,16H,5-9H2,1H3. The van der Waals surface area contributed by atoms with Gasteiger partial charge >= 0.3 is 0 Å². The summed E-state index contributed by atoms with van der Waals surface area (Å²) in [5, 5.41) is 0. The van der Waals surface area contributed by atoms with Crippen molar-refractivity contribution < 1.29 is 0 Å². The number of alkyl halides is 1. The topological polar surface area (TPSA) is 17.8 Å². The third kappa shape index (κ3) is 1.88. The fraction of sp³-hybridized carbons (Fsp3) is 0.562. The molecule has 4 rings (SSSR count). The lowest BCUT2D eigenvalue weighted by molar-refractivity contribution is 0.395. The van der Waals surface area contributed by atoms with Gasteiger partial charge < -0.3 is 4.57 Å². The third-order valence-corrected chi connectivity index (χ3v) is 4.85. The van der Waals surface area contributed by atoms with Crippen molar-refractivity contribution in [2.75, 3.05) is 0 Å². The van der Waals surface area contributed by atoms with E-state index in [9.17, 15) is 0 Å². The molecule has 19 heavy (non-hydrogen) atoms. The largest absolute Gasteiger partial charge is 0.323 e. The molecule has 0 aliphatic heterocycles. The molecule has 1 aromatic carbocycles.